The SMILES string of the molecule is CCNC(=NCc1cccc(OC)c1O)NCCCc1ccccc1.I. The highest BCUT2D eigenvalue weighted by molar-refractivity contribution is 14.0. The van der Waals surface area contributed by atoms with Gasteiger partial charge in [0.1, 0.15) is 0 Å². The van der Waals surface area contributed by atoms with Gasteiger partial charge in [-0.1, -0.05) is 42.5 Å². The standard InChI is InChI=1S/C20H27N3O2.HI/c1-3-21-20(22-14-8-11-16-9-5-4-6-10-16)23-15-17-12-7-13-18(25-2)19(17)24;/h4-7,9-10,12-13,24H,3,8,11,14-15H2,1-2H3,(H2,21,22,23);1H. The van der Waals surface area contributed by atoms with E-state index in [4.69, 9.17) is 4.74 Å². The number of aryl methyl sites for hydroxylation is 1. The maximum Gasteiger partial charge on any atom is 0.191 e. The Bertz CT molecular complexity index is 678. The molecule has 0 aromatic heterocycles. The molecule has 0 bridgehead atoms. The lowest BCUT2D eigenvalue weighted by atomic mass is 10.1. The highest BCUT2D eigenvalue weighted by Crippen LogP contribution is 2.29. The maximum absolute atomic E-state index is 10.1. The van der Waals surface area contributed by atoms with E-state index in [0.29, 0.717) is 12.3 Å². The minimum Gasteiger partial charge on any atom is -0.504 e. The van der Waals surface area contributed by atoms with Crippen molar-refractivity contribution >= 4 is 29.9 Å². The van der Waals surface area contributed by atoms with Crippen molar-refractivity contribution in [1.29, 1.82) is 0 Å². The van der Waals surface area contributed by atoms with Gasteiger partial charge in [-0.05, 0) is 31.4 Å². The monoisotopic (exact) mass is 469 g/mol. The van der Waals surface area contributed by atoms with Crippen molar-refractivity contribution in [3.05, 3.63) is 59.7 Å². The van der Waals surface area contributed by atoms with Gasteiger partial charge in [-0.2, -0.15) is 0 Å². The van der Waals surface area contributed by atoms with E-state index in [1.807, 2.05) is 25.1 Å². The number of phenolic OH excluding ortho intramolecular Hbond substituents is 1. The van der Waals surface area contributed by atoms with Crippen LogP contribution in [-0.4, -0.2) is 31.3 Å². The molecule has 0 amide bonds. The number of aromatic hydroxyl groups is 1. The zero-order valence-electron chi connectivity index (χ0n) is 15.4. The van der Waals surface area contributed by atoms with Gasteiger partial charge in [0.05, 0.1) is 13.7 Å². The Kier molecular flexibility index (Phi) is 10.5. The smallest absolute Gasteiger partial charge is 0.191 e. The number of nitrogens with zero attached hydrogens (tertiary/aromatic N) is 1. The Morgan fingerprint density at radius 1 is 1.08 bits per heavy atom. The number of phenols is 1. The van der Waals surface area contributed by atoms with Gasteiger partial charge in [0, 0.05) is 18.7 Å². The summed E-state index contributed by atoms with van der Waals surface area (Å²) in [6, 6.07) is 15.9. The summed E-state index contributed by atoms with van der Waals surface area (Å²) >= 11 is 0. The second-order valence-electron chi connectivity index (χ2n) is 5.68. The predicted octanol–water partition coefficient (Wildman–Crippen LogP) is 3.71. The second-order valence-corrected chi connectivity index (χ2v) is 5.68. The molecule has 0 saturated heterocycles. The number of ether oxygens (including phenoxy) is 1. The van der Waals surface area contributed by atoms with E-state index in [2.05, 4.69) is 39.9 Å². The van der Waals surface area contributed by atoms with Crippen molar-refractivity contribution in [2.24, 2.45) is 4.99 Å². The fourth-order valence-electron chi connectivity index (χ4n) is 2.51. The molecule has 2 aromatic rings. The first-order chi connectivity index (χ1) is 12.2. The fourth-order valence-corrected chi connectivity index (χ4v) is 2.51. The number of hydrogen-bond donors (Lipinski definition) is 3. The van der Waals surface area contributed by atoms with Crippen molar-refractivity contribution in [2.45, 2.75) is 26.3 Å². The number of rotatable bonds is 8. The summed E-state index contributed by atoms with van der Waals surface area (Å²) in [7, 11) is 1.54. The molecule has 0 heterocycles. The molecule has 0 aliphatic carbocycles. The van der Waals surface area contributed by atoms with Gasteiger partial charge in [0.2, 0.25) is 0 Å². The van der Waals surface area contributed by atoms with Crippen LogP contribution in [0.3, 0.4) is 0 Å². The van der Waals surface area contributed by atoms with Crippen LogP contribution in [-0.2, 0) is 13.0 Å². The molecule has 2 rings (SSSR count). The van der Waals surface area contributed by atoms with Gasteiger partial charge in [-0.15, -0.1) is 24.0 Å². The van der Waals surface area contributed by atoms with Gasteiger partial charge in [0.15, 0.2) is 17.5 Å². The first kappa shape index (κ1) is 22.1. The lowest BCUT2D eigenvalue weighted by Crippen LogP contribution is -2.37. The molecule has 2 aromatic carbocycles. The molecule has 0 aliphatic rings. The molecule has 6 heteroatoms. The minimum absolute atomic E-state index is 0. The third-order valence-electron chi connectivity index (χ3n) is 3.83. The molecule has 0 saturated carbocycles. The van der Waals surface area contributed by atoms with E-state index in [1.165, 1.54) is 5.56 Å². The Balaban J connectivity index is 0.00000338. The molecule has 142 valence electrons. The number of nitrogens with one attached hydrogen (secondary N) is 2. The van der Waals surface area contributed by atoms with Gasteiger partial charge in [-0.25, -0.2) is 4.99 Å². The number of hydrogen-bond acceptors (Lipinski definition) is 3. The van der Waals surface area contributed by atoms with Crippen molar-refractivity contribution in [3.8, 4) is 11.5 Å². The van der Waals surface area contributed by atoms with Crippen LogP contribution >= 0.6 is 24.0 Å². The summed E-state index contributed by atoms with van der Waals surface area (Å²) in [5, 5.41) is 16.7. The number of para-hydroxylation sites is 1. The Morgan fingerprint density at radius 3 is 2.54 bits per heavy atom. The van der Waals surface area contributed by atoms with Crippen molar-refractivity contribution in [2.75, 3.05) is 20.2 Å². The van der Waals surface area contributed by atoms with E-state index in [9.17, 15) is 5.11 Å². The Morgan fingerprint density at radius 2 is 1.85 bits per heavy atom. The number of aliphatic imine (C=N–C) groups is 1. The third-order valence-corrected chi connectivity index (χ3v) is 3.83. The van der Waals surface area contributed by atoms with E-state index in [1.54, 1.807) is 13.2 Å². The number of halogens is 1. The summed E-state index contributed by atoms with van der Waals surface area (Å²) in [6.07, 6.45) is 2.06. The molecule has 26 heavy (non-hydrogen) atoms. The first-order valence-corrected chi connectivity index (χ1v) is 8.65. The average molecular weight is 469 g/mol. The number of methoxy groups -OCH3 is 1. The minimum atomic E-state index is 0. The van der Waals surface area contributed by atoms with Crippen LogP contribution in [0.2, 0.25) is 0 Å². The van der Waals surface area contributed by atoms with Crippen LogP contribution in [0.5, 0.6) is 11.5 Å². The fraction of sp³-hybridized carbons (Fsp3) is 0.350. The molecule has 3 N–H and O–H groups in total. The highest BCUT2D eigenvalue weighted by atomic mass is 127. The zero-order chi connectivity index (χ0) is 17.9. The van der Waals surface area contributed by atoms with Crippen LogP contribution in [0, 0.1) is 0 Å². The normalized spacial score (nSPS) is 10.8. The molecule has 0 fully saturated rings. The zero-order valence-corrected chi connectivity index (χ0v) is 17.7. The quantitative estimate of drug-likeness (QED) is 0.239. The van der Waals surface area contributed by atoms with Gasteiger partial charge in [0.25, 0.3) is 0 Å². The molecular formula is C20H28IN3O2. The summed E-state index contributed by atoms with van der Waals surface area (Å²) in [4.78, 5) is 4.54. The van der Waals surface area contributed by atoms with E-state index >= 15 is 0 Å². The largest absolute Gasteiger partial charge is 0.504 e. The summed E-state index contributed by atoms with van der Waals surface area (Å²) in [5.74, 6) is 1.36. The second kappa shape index (κ2) is 12.4. The summed E-state index contributed by atoms with van der Waals surface area (Å²) in [6.45, 7) is 4.04. The molecule has 0 atom stereocenters. The topological polar surface area (TPSA) is 65.9 Å². The first-order valence-electron chi connectivity index (χ1n) is 8.65. The van der Waals surface area contributed by atoms with E-state index in [-0.39, 0.29) is 29.7 Å². The molecule has 5 nitrogen and oxygen atoms in total. The molecule has 0 aliphatic heterocycles. The number of guanidine groups is 1. The van der Waals surface area contributed by atoms with Crippen LogP contribution in [0.4, 0.5) is 0 Å². The van der Waals surface area contributed by atoms with E-state index in [0.717, 1.165) is 37.5 Å². The van der Waals surface area contributed by atoms with Gasteiger partial charge < -0.3 is 20.5 Å². The Hall–Kier alpha value is -1.96. The maximum atomic E-state index is 10.1. The van der Waals surface area contributed by atoms with Gasteiger partial charge >= 0.3 is 0 Å². The molecule has 0 spiro atoms. The number of benzene rings is 2. The van der Waals surface area contributed by atoms with Crippen LogP contribution in [0.15, 0.2) is 53.5 Å². The molecule has 0 unspecified atom stereocenters. The van der Waals surface area contributed by atoms with Crippen LogP contribution in [0.1, 0.15) is 24.5 Å². The van der Waals surface area contributed by atoms with Gasteiger partial charge in [-0.3, -0.25) is 0 Å². The Labute approximate surface area is 172 Å². The predicted molar refractivity (Wildman–Crippen MR) is 118 cm³/mol. The van der Waals surface area contributed by atoms with E-state index < -0.39 is 0 Å². The molecule has 0 radical (unpaired) electrons. The third kappa shape index (κ3) is 7.11. The van der Waals surface area contributed by atoms with Crippen molar-refractivity contribution < 1.29 is 9.84 Å². The van der Waals surface area contributed by atoms with Crippen LogP contribution < -0.4 is 15.4 Å². The van der Waals surface area contributed by atoms with Crippen molar-refractivity contribution in [3.63, 3.8) is 0 Å². The summed E-state index contributed by atoms with van der Waals surface area (Å²) in [5.41, 5.74) is 2.08. The average Bonchev–Trinajstić information content (AvgIpc) is 2.65. The molecular weight excluding hydrogens is 441 g/mol. The van der Waals surface area contributed by atoms with Crippen LogP contribution in [0.25, 0.3) is 0 Å². The highest BCUT2D eigenvalue weighted by Gasteiger charge is 2.07. The lowest BCUT2D eigenvalue weighted by molar-refractivity contribution is 0.370. The van der Waals surface area contributed by atoms with Crippen molar-refractivity contribution in [1.82, 2.24) is 10.6 Å². The summed E-state index contributed by atoms with van der Waals surface area (Å²) < 4.78 is 5.13. The lowest BCUT2D eigenvalue weighted by Gasteiger charge is -2.12.